The molecule has 0 saturated heterocycles. The van der Waals surface area contributed by atoms with E-state index in [0.29, 0.717) is 5.13 Å². The highest BCUT2D eigenvalue weighted by atomic mass is 32.1. The minimum atomic E-state index is 0.656. The first kappa shape index (κ1) is 8.51. The number of thiazole rings is 1. The van der Waals surface area contributed by atoms with Crippen molar-refractivity contribution in [2.24, 2.45) is 0 Å². The summed E-state index contributed by atoms with van der Waals surface area (Å²) in [6, 6.07) is 6.39. The number of rotatable bonds is 2. The second kappa shape index (κ2) is 3.34. The fraction of sp³-hybridized carbons (Fsp3) is 0.300. The second-order valence-electron chi connectivity index (χ2n) is 3.10. The Labute approximate surface area is 81.4 Å². The second-order valence-corrected chi connectivity index (χ2v) is 4.17. The average molecular weight is 192 g/mol. The van der Waals surface area contributed by atoms with Crippen molar-refractivity contribution in [2.45, 2.75) is 19.8 Å². The summed E-state index contributed by atoms with van der Waals surface area (Å²) in [5, 5.41) is 0.656. The third-order valence-corrected chi connectivity index (χ3v) is 2.87. The van der Waals surface area contributed by atoms with Gasteiger partial charge in [-0.25, -0.2) is 4.98 Å². The lowest BCUT2D eigenvalue weighted by Gasteiger charge is -1.96. The number of nitrogens with two attached hydrogens (primary N) is 1. The summed E-state index contributed by atoms with van der Waals surface area (Å²) in [6.45, 7) is 2.18. The molecule has 0 saturated carbocycles. The van der Waals surface area contributed by atoms with Gasteiger partial charge in [-0.15, -0.1) is 0 Å². The summed E-state index contributed by atoms with van der Waals surface area (Å²) >= 11 is 1.55. The van der Waals surface area contributed by atoms with Crippen LogP contribution in [0.4, 0.5) is 5.13 Å². The first-order valence-corrected chi connectivity index (χ1v) is 5.26. The zero-order valence-electron chi connectivity index (χ0n) is 7.58. The van der Waals surface area contributed by atoms with Gasteiger partial charge in [0.1, 0.15) is 0 Å². The van der Waals surface area contributed by atoms with Gasteiger partial charge in [-0.05, 0) is 24.1 Å². The van der Waals surface area contributed by atoms with E-state index in [9.17, 15) is 0 Å². The van der Waals surface area contributed by atoms with Crippen LogP contribution in [0.15, 0.2) is 18.2 Å². The molecule has 0 aliphatic heterocycles. The largest absolute Gasteiger partial charge is 0.375 e. The van der Waals surface area contributed by atoms with Crippen molar-refractivity contribution in [3.05, 3.63) is 23.8 Å². The molecular weight excluding hydrogens is 180 g/mol. The minimum Gasteiger partial charge on any atom is -0.375 e. The predicted octanol–water partition coefficient (Wildman–Crippen LogP) is 2.83. The Bertz CT molecular complexity index is 420. The highest BCUT2D eigenvalue weighted by Gasteiger charge is 2.00. The van der Waals surface area contributed by atoms with E-state index in [1.165, 1.54) is 16.7 Å². The third-order valence-electron chi connectivity index (χ3n) is 2.01. The Morgan fingerprint density at radius 2 is 2.31 bits per heavy atom. The lowest BCUT2D eigenvalue weighted by molar-refractivity contribution is 0.923. The molecule has 68 valence electrons. The Kier molecular flexibility index (Phi) is 2.19. The molecule has 2 N–H and O–H groups in total. The maximum Gasteiger partial charge on any atom is 0.181 e. The molecule has 2 nitrogen and oxygen atoms in total. The lowest BCUT2D eigenvalue weighted by Crippen LogP contribution is -1.82. The van der Waals surface area contributed by atoms with Crippen LogP contribution in [0, 0.1) is 0 Å². The van der Waals surface area contributed by atoms with E-state index in [1.807, 2.05) is 0 Å². The number of nitrogens with zero attached hydrogens (tertiary/aromatic N) is 1. The van der Waals surface area contributed by atoms with Gasteiger partial charge in [-0.1, -0.05) is 30.7 Å². The zero-order chi connectivity index (χ0) is 9.26. The van der Waals surface area contributed by atoms with Gasteiger partial charge in [-0.3, -0.25) is 0 Å². The molecule has 0 spiro atoms. The molecule has 0 aliphatic carbocycles. The monoisotopic (exact) mass is 192 g/mol. The number of hydrogen-bond acceptors (Lipinski definition) is 3. The zero-order valence-corrected chi connectivity index (χ0v) is 8.40. The minimum absolute atomic E-state index is 0.656. The Morgan fingerprint density at radius 3 is 3.08 bits per heavy atom. The van der Waals surface area contributed by atoms with Crippen LogP contribution >= 0.6 is 11.3 Å². The van der Waals surface area contributed by atoms with Crippen LogP contribution < -0.4 is 5.73 Å². The number of aromatic nitrogens is 1. The molecule has 13 heavy (non-hydrogen) atoms. The number of nitrogen functional groups attached to an aromatic ring is 1. The first-order valence-electron chi connectivity index (χ1n) is 4.44. The summed E-state index contributed by atoms with van der Waals surface area (Å²) in [7, 11) is 0. The van der Waals surface area contributed by atoms with E-state index in [4.69, 9.17) is 5.73 Å². The standard InChI is InChI=1S/C10H12N2S/c1-2-3-7-4-5-9-8(6-7)12-10(11)13-9/h4-6H,2-3H2,1H3,(H2,11,12). The number of fused-ring (bicyclic) bond motifs is 1. The summed E-state index contributed by atoms with van der Waals surface area (Å²) < 4.78 is 1.18. The maximum atomic E-state index is 5.62. The highest BCUT2D eigenvalue weighted by molar-refractivity contribution is 7.22. The molecule has 0 amide bonds. The molecule has 0 bridgehead atoms. The Hall–Kier alpha value is -1.09. The SMILES string of the molecule is CCCc1ccc2sc(N)nc2c1. The molecule has 0 radical (unpaired) electrons. The van der Waals surface area contributed by atoms with Gasteiger partial charge in [-0.2, -0.15) is 0 Å². The molecule has 0 atom stereocenters. The molecule has 0 aliphatic rings. The van der Waals surface area contributed by atoms with Crippen molar-refractivity contribution in [3.8, 4) is 0 Å². The van der Waals surface area contributed by atoms with Gasteiger partial charge in [0.25, 0.3) is 0 Å². The van der Waals surface area contributed by atoms with Crippen LogP contribution in [-0.2, 0) is 6.42 Å². The van der Waals surface area contributed by atoms with E-state index in [1.54, 1.807) is 11.3 Å². The predicted molar refractivity (Wildman–Crippen MR) is 58.0 cm³/mol. The smallest absolute Gasteiger partial charge is 0.181 e. The summed E-state index contributed by atoms with van der Waals surface area (Å²) in [6.07, 6.45) is 2.29. The number of aryl methyl sites for hydroxylation is 1. The van der Waals surface area contributed by atoms with Crippen molar-refractivity contribution in [3.63, 3.8) is 0 Å². The number of hydrogen-bond donors (Lipinski definition) is 1. The summed E-state index contributed by atoms with van der Waals surface area (Å²) in [5.41, 5.74) is 8.01. The van der Waals surface area contributed by atoms with Crippen molar-refractivity contribution < 1.29 is 0 Å². The Morgan fingerprint density at radius 1 is 1.46 bits per heavy atom. The number of anilines is 1. The quantitative estimate of drug-likeness (QED) is 0.794. The van der Waals surface area contributed by atoms with Gasteiger partial charge in [0, 0.05) is 0 Å². The van der Waals surface area contributed by atoms with Gasteiger partial charge in [0.2, 0.25) is 0 Å². The van der Waals surface area contributed by atoms with E-state index >= 15 is 0 Å². The van der Waals surface area contributed by atoms with Crippen molar-refractivity contribution in [1.82, 2.24) is 4.98 Å². The van der Waals surface area contributed by atoms with Crippen molar-refractivity contribution in [1.29, 1.82) is 0 Å². The van der Waals surface area contributed by atoms with Gasteiger partial charge in [0.15, 0.2) is 5.13 Å². The van der Waals surface area contributed by atoms with Crippen LogP contribution in [0.2, 0.25) is 0 Å². The third kappa shape index (κ3) is 1.65. The molecule has 1 aromatic carbocycles. The molecule has 0 unspecified atom stereocenters. The van der Waals surface area contributed by atoms with E-state index in [2.05, 4.69) is 30.1 Å². The molecule has 2 rings (SSSR count). The van der Waals surface area contributed by atoms with Crippen LogP contribution in [0.1, 0.15) is 18.9 Å². The van der Waals surface area contributed by atoms with Crippen LogP contribution in [0.5, 0.6) is 0 Å². The van der Waals surface area contributed by atoms with Crippen LogP contribution in [-0.4, -0.2) is 4.98 Å². The van der Waals surface area contributed by atoms with Crippen LogP contribution in [0.25, 0.3) is 10.2 Å². The fourth-order valence-electron chi connectivity index (χ4n) is 1.44. The molecule has 1 heterocycles. The lowest BCUT2D eigenvalue weighted by atomic mass is 10.1. The van der Waals surface area contributed by atoms with Crippen molar-refractivity contribution in [2.75, 3.05) is 5.73 Å². The van der Waals surface area contributed by atoms with Crippen LogP contribution in [0.3, 0.4) is 0 Å². The number of benzene rings is 1. The highest BCUT2D eigenvalue weighted by Crippen LogP contribution is 2.24. The molecular formula is C10H12N2S. The fourth-order valence-corrected chi connectivity index (χ4v) is 2.15. The topological polar surface area (TPSA) is 38.9 Å². The maximum absolute atomic E-state index is 5.62. The van der Waals surface area contributed by atoms with Gasteiger partial charge >= 0.3 is 0 Å². The van der Waals surface area contributed by atoms with Gasteiger partial charge < -0.3 is 5.73 Å². The summed E-state index contributed by atoms with van der Waals surface area (Å²) in [5.74, 6) is 0. The Balaban J connectivity index is 2.48. The molecule has 3 heteroatoms. The average Bonchev–Trinajstić information content (AvgIpc) is 2.44. The van der Waals surface area contributed by atoms with E-state index < -0.39 is 0 Å². The van der Waals surface area contributed by atoms with E-state index in [0.717, 1.165) is 11.9 Å². The normalized spacial score (nSPS) is 10.8. The van der Waals surface area contributed by atoms with E-state index in [-0.39, 0.29) is 0 Å². The molecule has 0 fully saturated rings. The first-order chi connectivity index (χ1) is 6.29. The molecule has 1 aromatic heterocycles. The summed E-state index contributed by atoms with van der Waals surface area (Å²) in [4.78, 5) is 4.25. The van der Waals surface area contributed by atoms with Crippen molar-refractivity contribution >= 4 is 26.7 Å². The van der Waals surface area contributed by atoms with Gasteiger partial charge in [0.05, 0.1) is 10.2 Å². The molecule has 2 aromatic rings.